The summed E-state index contributed by atoms with van der Waals surface area (Å²) in [5, 5.41) is 3.23. The summed E-state index contributed by atoms with van der Waals surface area (Å²) in [6.45, 7) is 0.542. The molecule has 3 saturated heterocycles. The molecule has 3 fully saturated rings. The zero-order valence-corrected chi connectivity index (χ0v) is 7.27. The Balaban J connectivity index is 1.94. The third kappa shape index (κ3) is 2.14. The molecule has 0 aliphatic carbocycles. The van der Waals surface area contributed by atoms with Crippen molar-refractivity contribution in [3.63, 3.8) is 0 Å². The van der Waals surface area contributed by atoms with Gasteiger partial charge in [-0.25, -0.2) is 0 Å². The molecule has 1 N–H and O–H groups in total. The van der Waals surface area contributed by atoms with Gasteiger partial charge in [0.2, 0.25) is 0 Å². The highest BCUT2D eigenvalue weighted by molar-refractivity contribution is 4.93. The molecule has 0 aromatic heterocycles. The summed E-state index contributed by atoms with van der Waals surface area (Å²) in [5.41, 5.74) is 0. The lowest BCUT2D eigenvalue weighted by atomic mass is 9.93. The summed E-state index contributed by atoms with van der Waals surface area (Å²) in [5.74, 6) is 0. The minimum absolute atomic E-state index is 0.103. The predicted octanol–water partition coefficient (Wildman–Crippen LogP) is 0.985. The second-order valence-corrected chi connectivity index (χ2v) is 3.88. The Morgan fingerprint density at radius 1 is 1.31 bits per heavy atom. The van der Waals surface area contributed by atoms with Crippen LogP contribution in [0, 0.1) is 0 Å². The second-order valence-electron chi connectivity index (χ2n) is 3.88. The Morgan fingerprint density at radius 3 is 2.46 bits per heavy atom. The van der Waals surface area contributed by atoms with Gasteiger partial charge in [-0.1, -0.05) is 0 Å². The van der Waals surface area contributed by atoms with Gasteiger partial charge in [-0.2, -0.15) is 13.2 Å². The first-order valence-corrected chi connectivity index (χ1v) is 4.59. The van der Waals surface area contributed by atoms with E-state index in [4.69, 9.17) is 0 Å². The maximum Gasteiger partial charge on any atom is 0.401 e. The van der Waals surface area contributed by atoms with E-state index >= 15 is 0 Å². The number of piperidine rings is 2. The quantitative estimate of drug-likeness (QED) is 0.669. The molecule has 2 atom stereocenters. The van der Waals surface area contributed by atoms with Crippen LogP contribution in [0.15, 0.2) is 0 Å². The fourth-order valence-electron chi connectivity index (χ4n) is 2.22. The number of alkyl halides is 3. The van der Waals surface area contributed by atoms with Gasteiger partial charge >= 0.3 is 6.18 Å². The van der Waals surface area contributed by atoms with Gasteiger partial charge < -0.3 is 5.32 Å². The zero-order valence-electron chi connectivity index (χ0n) is 7.27. The van der Waals surface area contributed by atoms with Crippen molar-refractivity contribution in [2.24, 2.45) is 0 Å². The van der Waals surface area contributed by atoms with Crippen LogP contribution < -0.4 is 5.32 Å². The molecule has 3 aliphatic heterocycles. The minimum Gasteiger partial charge on any atom is -0.311 e. The van der Waals surface area contributed by atoms with Gasteiger partial charge in [-0.05, 0) is 12.8 Å². The van der Waals surface area contributed by atoms with E-state index in [0.29, 0.717) is 6.54 Å². The van der Waals surface area contributed by atoms with E-state index in [1.807, 2.05) is 0 Å². The van der Waals surface area contributed by atoms with Crippen LogP contribution >= 0.6 is 0 Å². The molecule has 3 rings (SSSR count). The molecule has 0 spiro atoms. The van der Waals surface area contributed by atoms with Crippen molar-refractivity contribution in [3.8, 4) is 0 Å². The van der Waals surface area contributed by atoms with Crippen molar-refractivity contribution in [2.75, 3.05) is 19.6 Å². The molecular weight excluding hydrogens is 181 g/mol. The summed E-state index contributed by atoms with van der Waals surface area (Å²) in [7, 11) is 0. The number of hydrogen-bond donors (Lipinski definition) is 1. The molecule has 76 valence electrons. The van der Waals surface area contributed by atoms with Gasteiger partial charge in [0, 0.05) is 25.2 Å². The smallest absolute Gasteiger partial charge is 0.311 e. The average molecular weight is 194 g/mol. The van der Waals surface area contributed by atoms with E-state index < -0.39 is 12.7 Å². The van der Waals surface area contributed by atoms with Crippen LogP contribution in [0.3, 0.4) is 0 Å². The van der Waals surface area contributed by atoms with Gasteiger partial charge in [0.05, 0.1) is 6.54 Å². The molecule has 2 unspecified atom stereocenters. The molecular formula is C8H13F3N2. The van der Waals surface area contributed by atoms with E-state index in [2.05, 4.69) is 5.32 Å². The highest BCUT2D eigenvalue weighted by atomic mass is 19.4. The zero-order chi connectivity index (χ0) is 9.47. The van der Waals surface area contributed by atoms with Crippen molar-refractivity contribution in [1.82, 2.24) is 10.2 Å². The van der Waals surface area contributed by atoms with Crippen LogP contribution in [0.5, 0.6) is 0 Å². The molecule has 0 radical (unpaired) electrons. The largest absolute Gasteiger partial charge is 0.401 e. The number of halogens is 3. The van der Waals surface area contributed by atoms with Gasteiger partial charge in [0.25, 0.3) is 0 Å². The summed E-state index contributed by atoms with van der Waals surface area (Å²) in [4.78, 5) is 1.56. The third-order valence-electron chi connectivity index (χ3n) is 2.84. The van der Waals surface area contributed by atoms with Crippen LogP contribution in [-0.4, -0.2) is 42.8 Å². The van der Waals surface area contributed by atoms with Gasteiger partial charge in [-0.15, -0.1) is 0 Å². The highest BCUT2D eigenvalue weighted by Gasteiger charge is 2.39. The normalized spacial score (nSPS) is 35.3. The number of fused-ring (bicyclic) bond motifs is 3. The van der Waals surface area contributed by atoms with E-state index in [-0.39, 0.29) is 12.1 Å². The van der Waals surface area contributed by atoms with Crippen LogP contribution in [0.4, 0.5) is 13.2 Å². The Labute approximate surface area is 75.1 Å². The standard InChI is InChI=1S/C8H13F3N2/c9-8(10,11)5-13-4-6-1-2-7(13)3-12-6/h6-7,12H,1-5H2. The van der Waals surface area contributed by atoms with Gasteiger partial charge in [0.15, 0.2) is 0 Å². The molecule has 2 bridgehead atoms. The van der Waals surface area contributed by atoms with Crippen molar-refractivity contribution >= 4 is 0 Å². The Morgan fingerprint density at radius 2 is 2.08 bits per heavy atom. The minimum atomic E-state index is -4.04. The lowest BCUT2D eigenvalue weighted by Crippen LogP contribution is -2.62. The van der Waals surface area contributed by atoms with Crippen molar-refractivity contribution in [3.05, 3.63) is 0 Å². The first-order valence-electron chi connectivity index (χ1n) is 4.59. The molecule has 0 aromatic rings. The summed E-state index contributed by atoms with van der Waals surface area (Å²) < 4.78 is 36.3. The molecule has 3 aliphatic rings. The molecule has 0 amide bonds. The second kappa shape index (κ2) is 3.13. The van der Waals surface area contributed by atoms with Crippen LogP contribution in [0.25, 0.3) is 0 Å². The lowest BCUT2D eigenvalue weighted by Gasteiger charge is -2.46. The van der Waals surface area contributed by atoms with Crippen LogP contribution in [0.1, 0.15) is 12.8 Å². The number of nitrogens with one attached hydrogen (secondary N) is 1. The molecule has 13 heavy (non-hydrogen) atoms. The fraction of sp³-hybridized carbons (Fsp3) is 1.00. The predicted molar refractivity (Wildman–Crippen MR) is 42.4 cm³/mol. The van der Waals surface area contributed by atoms with Crippen molar-refractivity contribution in [2.45, 2.75) is 31.1 Å². The molecule has 5 heteroatoms. The van der Waals surface area contributed by atoms with E-state index in [0.717, 1.165) is 19.4 Å². The SMILES string of the molecule is FC(F)(F)CN1CC2CCC1CN2. The maximum atomic E-state index is 12.1. The van der Waals surface area contributed by atoms with Crippen molar-refractivity contribution < 1.29 is 13.2 Å². The first-order chi connectivity index (χ1) is 6.04. The summed E-state index contributed by atoms with van der Waals surface area (Å²) in [6.07, 6.45) is -2.11. The number of hydrogen-bond acceptors (Lipinski definition) is 2. The van der Waals surface area contributed by atoms with Gasteiger partial charge in [0.1, 0.15) is 0 Å². The maximum absolute atomic E-state index is 12.1. The first kappa shape index (κ1) is 9.27. The average Bonchev–Trinajstić information content (AvgIpc) is 2.03. The Kier molecular flexibility index (Phi) is 2.23. The molecule has 2 nitrogen and oxygen atoms in total. The Bertz CT molecular complexity index is 184. The van der Waals surface area contributed by atoms with E-state index in [9.17, 15) is 13.2 Å². The monoisotopic (exact) mass is 194 g/mol. The highest BCUT2D eigenvalue weighted by Crippen LogP contribution is 2.26. The van der Waals surface area contributed by atoms with E-state index in [1.165, 1.54) is 0 Å². The summed E-state index contributed by atoms with van der Waals surface area (Å²) >= 11 is 0. The van der Waals surface area contributed by atoms with Crippen LogP contribution in [0.2, 0.25) is 0 Å². The van der Waals surface area contributed by atoms with Gasteiger partial charge in [-0.3, -0.25) is 4.90 Å². The lowest BCUT2D eigenvalue weighted by molar-refractivity contribution is -0.157. The number of piperazine rings is 1. The van der Waals surface area contributed by atoms with Crippen molar-refractivity contribution in [1.29, 1.82) is 0 Å². The molecule has 3 heterocycles. The van der Waals surface area contributed by atoms with E-state index in [1.54, 1.807) is 4.90 Å². The summed E-state index contributed by atoms with van der Waals surface area (Å²) in [6, 6.07) is 0.388. The third-order valence-corrected chi connectivity index (χ3v) is 2.84. The Hall–Kier alpha value is -0.290. The molecule has 0 aromatic carbocycles. The fourth-order valence-corrected chi connectivity index (χ4v) is 2.22. The molecule has 0 saturated carbocycles. The topological polar surface area (TPSA) is 15.3 Å². The number of nitrogens with zero attached hydrogens (tertiary/aromatic N) is 1. The number of rotatable bonds is 1. The van der Waals surface area contributed by atoms with Crippen LogP contribution in [-0.2, 0) is 0 Å².